The molecule has 0 spiro atoms. The zero-order valence-corrected chi connectivity index (χ0v) is 17.0. The molecular weight excluding hydrogens is 425 g/mol. The maximum atomic E-state index is 8.88. The molecule has 4 aromatic rings. The van der Waals surface area contributed by atoms with Gasteiger partial charge in [-0.25, -0.2) is 15.0 Å². The second-order valence-corrected chi connectivity index (χ2v) is 7.05. The first-order valence-electron chi connectivity index (χ1n) is 8.85. The molecule has 11 heteroatoms. The van der Waals surface area contributed by atoms with Gasteiger partial charge in [0.05, 0.1) is 16.9 Å². The molecule has 30 heavy (non-hydrogen) atoms. The number of halogens is 2. The van der Waals surface area contributed by atoms with Crippen molar-refractivity contribution >= 4 is 46.6 Å². The van der Waals surface area contributed by atoms with Gasteiger partial charge >= 0.3 is 0 Å². The van der Waals surface area contributed by atoms with Crippen molar-refractivity contribution in [3.63, 3.8) is 0 Å². The second-order valence-electron chi connectivity index (χ2n) is 6.20. The van der Waals surface area contributed by atoms with Crippen LogP contribution in [0, 0.1) is 11.3 Å². The summed E-state index contributed by atoms with van der Waals surface area (Å²) in [6.45, 7) is 1.01. The van der Waals surface area contributed by atoms with Gasteiger partial charge in [0.25, 0.3) is 0 Å². The third-order valence-electron chi connectivity index (χ3n) is 4.23. The summed E-state index contributed by atoms with van der Waals surface area (Å²) < 4.78 is 1.84. The van der Waals surface area contributed by atoms with Gasteiger partial charge in [-0.05, 0) is 18.2 Å². The lowest BCUT2D eigenvalue weighted by Crippen LogP contribution is -2.18. The van der Waals surface area contributed by atoms with E-state index in [4.69, 9.17) is 34.2 Å². The first kappa shape index (κ1) is 19.7. The molecule has 0 saturated heterocycles. The molecule has 4 N–H and O–H groups in total. The Labute approximate surface area is 181 Å². The smallest absolute Gasteiger partial charge is 0.224 e. The van der Waals surface area contributed by atoms with Crippen LogP contribution in [0.15, 0.2) is 42.9 Å². The maximum Gasteiger partial charge on any atom is 0.224 e. The topological polar surface area (TPSA) is 130 Å². The summed E-state index contributed by atoms with van der Waals surface area (Å²) in [6, 6.07) is 9.05. The van der Waals surface area contributed by atoms with Crippen molar-refractivity contribution in [1.82, 2.24) is 24.3 Å². The molecule has 0 fully saturated rings. The van der Waals surface area contributed by atoms with Crippen LogP contribution in [0.5, 0.6) is 0 Å². The minimum Gasteiger partial charge on any atom is -0.382 e. The van der Waals surface area contributed by atoms with Crippen LogP contribution in [0.1, 0.15) is 5.56 Å². The molecule has 0 radical (unpaired) electrons. The summed E-state index contributed by atoms with van der Waals surface area (Å²) in [4.78, 5) is 17.1. The number of nitrogen functional groups attached to an aromatic ring is 1. The molecule has 150 valence electrons. The quantitative estimate of drug-likeness (QED) is 0.389. The van der Waals surface area contributed by atoms with Gasteiger partial charge < -0.3 is 16.4 Å². The summed E-state index contributed by atoms with van der Waals surface area (Å²) in [6.07, 6.45) is 4.89. The van der Waals surface area contributed by atoms with Crippen molar-refractivity contribution in [2.75, 3.05) is 29.5 Å². The maximum absolute atomic E-state index is 8.88. The van der Waals surface area contributed by atoms with Crippen molar-refractivity contribution in [2.24, 2.45) is 0 Å². The lowest BCUT2D eigenvalue weighted by atomic mass is 10.1. The van der Waals surface area contributed by atoms with E-state index in [9.17, 15) is 0 Å². The van der Waals surface area contributed by atoms with E-state index in [1.54, 1.807) is 18.3 Å². The van der Waals surface area contributed by atoms with E-state index < -0.39 is 0 Å². The Bertz CT molecular complexity index is 1260. The zero-order valence-electron chi connectivity index (χ0n) is 15.5. The molecule has 3 heterocycles. The van der Waals surface area contributed by atoms with Crippen LogP contribution in [0.4, 0.5) is 17.7 Å². The van der Waals surface area contributed by atoms with E-state index in [2.05, 4.69) is 30.6 Å². The monoisotopic (exact) mass is 439 g/mol. The number of benzene rings is 1. The summed E-state index contributed by atoms with van der Waals surface area (Å²) >= 11 is 12.3. The number of fused-ring (bicyclic) bond motifs is 1. The Morgan fingerprint density at radius 2 is 1.93 bits per heavy atom. The molecule has 0 aliphatic heterocycles. The fraction of sp³-hybridized carbons (Fsp3) is 0.105. The van der Waals surface area contributed by atoms with E-state index in [1.807, 2.05) is 28.8 Å². The summed E-state index contributed by atoms with van der Waals surface area (Å²) in [7, 11) is 0. The van der Waals surface area contributed by atoms with Crippen molar-refractivity contribution < 1.29 is 0 Å². The molecule has 0 bridgehead atoms. The van der Waals surface area contributed by atoms with Gasteiger partial charge in [0.1, 0.15) is 23.1 Å². The van der Waals surface area contributed by atoms with Crippen LogP contribution in [-0.4, -0.2) is 37.4 Å². The second kappa shape index (κ2) is 8.41. The van der Waals surface area contributed by atoms with Crippen LogP contribution in [0.3, 0.4) is 0 Å². The van der Waals surface area contributed by atoms with Crippen LogP contribution in [0.2, 0.25) is 10.0 Å². The van der Waals surface area contributed by atoms with E-state index >= 15 is 0 Å². The molecule has 9 nitrogen and oxygen atoms in total. The predicted molar refractivity (Wildman–Crippen MR) is 117 cm³/mol. The van der Waals surface area contributed by atoms with Crippen molar-refractivity contribution in [2.45, 2.75) is 0 Å². The predicted octanol–water partition coefficient (Wildman–Crippen LogP) is 3.47. The Balaban J connectivity index is 1.50. The lowest BCUT2D eigenvalue weighted by molar-refractivity contribution is 0.982. The third-order valence-corrected chi connectivity index (χ3v) is 4.77. The largest absolute Gasteiger partial charge is 0.382 e. The van der Waals surface area contributed by atoms with Crippen LogP contribution in [0.25, 0.3) is 16.9 Å². The Morgan fingerprint density at radius 1 is 1.10 bits per heavy atom. The number of anilines is 3. The van der Waals surface area contributed by atoms with Crippen molar-refractivity contribution in [3.8, 4) is 17.3 Å². The number of aromatic nitrogens is 5. The number of imidazole rings is 1. The molecular formula is C19H15Cl2N9. The number of nitrogens with zero attached hydrogens (tertiary/aromatic N) is 6. The molecule has 0 atom stereocenters. The first-order chi connectivity index (χ1) is 14.5. The molecule has 3 aromatic heterocycles. The normalized spacial score (nSPS) is 10.7. The highest BCUT2D eigenvalue weighted by Gasteiger charge is 2.11. The average molecular weight is 440 g/mol. The van der Waals surface area contributed by atoms with Gasteiger partial charge in [-0.15, -0.1) is 0 Å². The molecule has 4 rings (SSSR count). The van der Waals surface area contributed by atoms with Crippen molar-refractivity contribution in [1.29, 1.82) is 5.26 Å². The average Bonchev–Trinajstić information content (AvgIpc) is 3.20. The summed E-state index contributed by atoms with van der Waals surface area (Å²) in [5.41, 5.74) is 8.10. The van der Waals surface area contributed by atoms with Gasteiger partial charge in [0.15, 0.2) is 0 Å². The fourth-order valence-electron chi connectivity index (χ4n) is 2.80. The Kier molecular flexibility index (Phi) is 5.52. The zero-order chi connectivity index (χ0) is 21.1. The number of nitrogens with one attached hydrogen (secondary N) is 2. The number of hydrogen-bond acceptors (Lipinski definition) is 8. The number of hydrogen-bond donors (Lipinski definition) is 3. The number of nitrogens with two attached hydrogens (primary N) is 1. The summed E-state index contributed by atoms with van der Waals surface area (Å²) in [5.74, 6) is 1.08. The minimum atomic E-state index is 0.136. The lowest BCUT2D eigenvalue weighted by Gasteiger charge is -2.12. The highest BCUT2D eigenvalue weighted by atomic mass is 35.5. The van der Waals surface area contributed by atoms with Crippen molar-refractivity contribution in [3.05, 3.63) is 58.5 Å². The van der Waals surface area contributed by atoms with Gasteiger partial charge in [0, 0.05) is 42.1 Å². The summed E-state index contributed by atoms with van der Waals surface area (Å²) in [5, 5.41) is 16.3. The van der Waals surface area contributed by atoms with Gasteiger partial charge in [-0.3, -0.25) is 4.40 Å². The molecule has 0 saturated carbocycles. The standard InChI is InChI=1S/C19H15Cl2N9/c20-12-1-2-13(14(21)7-12)15-8-16-24-5-6-30(16)19(28-15)26-4-3-25-18-27-10-11(9-22)17(23)29-18/h1-2,5-8,10H,3-4H2,(H,26,28)(H3,23,25,27,29). The van der Waals surface area contributed by atoms with Gasteiger partial charge in [0.2, 0.25) is 11.9 Å². The van der Waals surface area contributed by atoms with E-state index in [1.165, 1.54) is 6.20 Å². The van der Waals surface area contributed by atoms with Crippen LogP contribution >= 0.6 is 23.2 Å². The minimum absolute atomic E-state index is 0.136. The van der Waals surface area contributed by atoms with E-state index in [0.29, 0.717) is 40.7 Å². The third kappa shape index (κ3) is 4.05. The fourth-order valence-corrected chi connectivity index (χ4v) is 3.30. The van der Waals surface area contributed by atoms with Crippen LogP contribution in [-0.2, 0) is 0 Å². The van der Waals surface area contributed by atoms with Gasteiger partial charge in [-0.1, -0.05) is 23.2 Å². The van der Waals surface area contributed by atoms with E-state index in [0.717, 1.165) is 11.2 Å². The Hall–Kier alpha value is -3.61. The molecule has 0 aliphatic carbocycles. The van der Waals surface area contributed by atoms with Gasteiger partial charge in [-0.2, -0.15) is 10.2 Å². The van der Waals surface area contributed by atoms with E-state index in [-0.39, 0.29) is 11.4 Å². The molecule has 0 amide bonds. The highest BCUT2D eigenvalue weighted by Crippen LogP contribution is 2.30. The molecule has 1 aromatic carbocycles. The molecule has 0 unspecified atom stereocenters. The molecule has 0 aliphatic rings. The number of rotatable bonds is 6. The SMILES string of the molecule is N#Cc1cnc(NCCNc2nc(-c3ccc(Cl)cc3Cl)cc3nccn23)nc1N. The number of nitriles is 1. The Morgan fingerprint density at radius 3 is 2.70 bits per heavy atom. The van der Waals surface area contributed by atoms with Crippen LogP contribution < -0.4 is 16.4 Å². The first-order valence-corrected chi connectivity index (χ1v) is 9.60. The highest BCUT2D eigenvalue weighted by molar-refractivity contribution is 6.36.